The fourth-order valence-corrected chi connectivity index (χ4v) is 1.33. The number of rotatable bonds is 2. The maximum absolute atomic E-state index is 11.0. The van der Waals surface area contributed by atoms with Crippen LogP contribution >= 0.6 is 0 Å². The van der Waals surface area contributed by atoms with Crippen LogP contribution in [-0.2, 0) is 9.53 Å². The Morgan fingerprint density at radius 2 is 1.94 bits per heavy atom. The largest absolute Gasteiger partial charge is 0.497 e. The molecule has 0 radical (unpaired) electrons. The summed E-state index contributed by atoms with van der Waals surface area (Å²) < 4.78 is 9.95. The van der Waals surface area contributed by atoms with Crippen LogP contribution in [-0.4, -0.2) is 19.0 Å². The first-order valence-corrected chi connectivity index (χ1v) is 4.82. The summed E-state index contributed by atoms with van der Waals surface area (Å²) in [7, 11) is 1.60. The number of hydrogen-bond donors (Lipinski definition) is 0. The SMILES string of the molecule is COc1ccc(N=C2OC(=O)C=C2C)cc1. The van der Waals surface area contributed by atoms with E-state index in [1.807, 2.05) is 0 Å². The smallest absolute Gasteiger partial charge is 0.337 e. The van der Waals surface area contributed by atoms with Crippen molar-refractivity contribution in [2.75, 3.05) is 7.11 Å². The summed E-state index contributed by atoms with van der Waals surface area (Å²) in [5, 5.41) is 0. The molecule has 0 amide bonds. The number of hydrogen-bond acceptors (Lipinski definition) is 4. The lowest BCUT2D eigenvalue weighted by Gasteiger charge is -2.01. The molecular formula is C12H11NO3. The van der Waals surface area contributed by atoms with E-state index in [1.54, 1.807) is 38.3 Å². The van der Waals surface area contributed by atoms with Gasteiger partial charge < -0.3 is 9.47 Å². The zero-order valence-corrected chi connectivity index (χ0v) is 9.06. The predicted molar refractivity (Wildman–Crippen MR) is 59.9 cm³/mol. The Morgan fingerprint density at radius 3 is 2.44 bits per heavy atom. The molecule has 1 aromatic rings. The molecule has 0 atom stereocenters. The normalized spacial score (nSPS) is 17.2. The quantitative estimate of drug-likeness (QED) is 0.713. The number of cyclic esters (lactones) is 1. The van der Waals surface area contributed by atoms with Gasteiger partial charge in [0.2, 0.25) is 5.90 Å². The van der Waals surface area contributed by atoms with E-state index in [2.05, 4.69) is 4.99 Å². The Bertz CT molecular complexity index is 472. The molecule has 0 spiro atoms. The molecule has 16 heavy (non-hydrogen) atoms. The third-order valence-electron chi connectivity index (χ3n) is 2.17. The average Bonchev–Trinajstić information content (AvgIpc) is 2.59. The van der Waals surface area contributed by atoms with Gasteiger partial charge in [0.25, 0.3) is 0 Å². The molecule has 2 rings (SSSR count). The number of esters is 1. The molecule has 0 unspecified atom stereocenters. The second-order valence-electron chi connectivity index (χ2n) is 3.36. The highest BCUT2D eigenvalue weighted by Crippen LogP contribution is 2.20. The molecule has 0 aromatic heterocycles. The second-order valence-corrected chi connectivity index (χ2v) is 3.36. The molecule has 4 heteroatoms. The minimum atomic E-state index is -0.371. The first-order chi connectivity index (χ1) is 7.69. The molecule has 0 aliphatic carbocycles. The van der Waals surface area contributed by atoms with Crippen molar-refractivity contribution < 1.29 is 14.3 Å². The van der Waals surface area contributed by atoms with Crippen molar-refractivity contribution in [1.82, 2.24) is 0 Å². The summed E-state index contributed by atoms with van der Waals surface area (Å²) >= 11 is 0. The van der Waals surface area contributed by atoms with Crippen LogP contribution in [0.2, 0.25) is 0 Å². The van der Waals surface area contributed by atoms with E-state index in [4.69, 9.17) is 9.47 Å². The number of nitrogens with zero attached hydrogens (tertiary/aromatic N) is 1. The standard InChI is InChI=1S/C12H11NO3/c1-8-7-11(14)16-12(8)13-9-3-5-10(15-2)6-4-9/h3-7H,1-2H3. The topological polar surface area (TPSA) is 47.9 Å². The van der Waals surface area contributed by atoms with Gasteiger partial charge in [-0.2, -0.15) is 0 Å². The van der Waals surface area contributed by atoms with E-state index >= 15 is 0 Å². The molecule has 1 heterocycles. The number of aliphatic imine (C=N–C) groups is 1. The van der Waals surface area contributed by atoms with E-state index < -0.39 is 0 Å². The highest BCUT2D eigenvalue weighted by atomic mass is 16.5. The molecule has 1 aliphatic rings. The lowest BCUT2D eigenvalue weighted by atomic mass is 10.3. The van der Waals surface area contributed by atoms with E-state index in [9.17, 15) is 4.79 Å². The Morgan fingerprint density at radius 1 is 1.25 bits per heavy atom. The summed E-state index contributed by atoms with van der Waals surface area (Å²) in [6.07, 6.45) is 1.42. The van der Waals surface area contributed by atoms with Crippen LogP contribution in [0.15, 0.2) is 40.9 Å². The molecule has 0 bridgehead atoms. The van der Waals surface area contributed by atoms with Crippen LogP contribution in [0.5, 0.6) is 5.75 Å². The van der Waals surface area contributed by atoms with Crippen molar-refractivity contribution in [3.05, 3.63) is 35.9 Å². The minimum absolute atomic E-state index is 0.357. The minimum Gasteiger partial charge on any atom is -0.497 e. The summed E-state index contributed by atoms with van der Waals surface area (Å²) in [5.74, 6) is 0.750. The average molecular weight is 217 g/mol. The Hall–Kier alpha value is -2.10. The van der Waals surface area contributed by atoms with Crippen molar-refractivity contribution in [3.63, 3.8) is 0 Å². The fraction of sp³-hybridized carbons (Fsp3) is 0.167. The van der Waals surface area contributed by atoms with E-state index in [-0.39, 0.29) is 5.97 Å². The molecule has 0 fully saturated rings. The van der Waals surface area contributed by atoms with Crippen LogP contribution in [0, 0.1) is 0 Å². The van der Waals surface area contributed by atoms with Gasteiger partial charge in [-0.05, 0) is 31.2 Å². The Labute approximate surface area is 93.2 Å². The van der Waals surface area contributed by atoms with Gasteiger partial charge in [-0.15, -0.1) is 0 Å². The third kappa shape index (κ3) is 2.11. The van der Waals surface area contributed by atoms with Crippen molar-refractivity contribution >= 4 is 17.6 Å². The highest BCUT2D eigenvalue weighted by Gasteiger charge is 2.17. The van der Waals surface area contributed by atoms with Gasteiger partial charge in [-0.3, -0.25) is 0 Å². The molecule has 1 aromatic carbocycles. The van der Waals surface area contributed by atoms with Crippen molar-refractivity contribution in [2.45, 2.75) is 6.92 Å². The van der Waals surface area contributed by atoms with Gasteiger partial charge in [-0.25, -0.2) is 9.79 Å². The zero-order valence-electron chi connectivity index (χ0n) is 9.06. The number of methoxy groups -OCH3 is 1. The molecular weight excluding hydrogens is 206 g/mol. The Balaban J connectivity index is 2.23. The van der Waals surface area contributed by atoms with Gasteiger partial charge in [-0.1, -0.05) is 0 Å². The van der Waals surface area contributed by atoms with Crippen LogP contribution in [0.3, 0.4) is 0 Å². The molecule has 1 aliphatic heterocycles. The van der Waals surface area contributed by atoms with Crippen LogP contribution in [0.25, 0.3) is 0 Å². The van der Waals surface area contributed by atoms with Crippen molar-refractivity contribution in [3.8, 4) is 5.75 Å². The summed E-state index contributed by atoms with van der Waals surface area (Å²) in [6, 6.07) is 7.20. The second kappa shape index (κ2) is 4.18. The zero-order chi connectivity index (χ0) is 11.5. The Kier molecular flexibility index (Phi) is 2.72. The molecule has 0 saturated carbocycles. The first kappa shape index (κ1) is 10.4. The fourth-order valence-electron chi connectivity index (χ4n) is 1.33. The van der Waals surface area contributed by atoms with Gasteiger partial charge in [0.15, 0.2) is 0 Å². The summed E-state index contributed by atoms with van der Waals surface area (Å²) in [5.41, 5.74) is 1.46. The number of carbonyl (C=O) groups is 1. The van der Waals surface area contributed by atoms with Crippen LogP contribution in [0.1, 0.15) is 6.92 Å². The highest BCUT2D eigenvalue weighted by molar-refractivity contribution is 6.11. The third-order valence-corrected chi connectivity index (χ3v) is 2.17. The monoisotopic (exact) mass is 217 g/mol. The van der Waals surface area contributed by atoms with Gasteiger partial charge >= 0.3 is 5.97 Å². The van der Waals surface area contributed by atoms with Gasteiger partial charge in [0.05, 0.1) is 12.8 Å². The number of carbonyl (C=O) groups excluding carboxylic acids is 1. The van der Waals surface area contributed by atoms with Gasteiger partial charge in [0, 0.05) is 11.6 Å². The lowest BCUT2D eigenvalue weighted by Crippen LogP contribution is -2.00. The summed E-state index contributed by atoms with van der Waals surface area (Å²) in [6.45, 7) is 1.78. The van der Waals surface area contributed by atoms with Gasteiger partial charge in [0.1, 0.15) is 5.75 Å². The van der Waals surface area contributed by atoms with Crippen molar-refractivity contribution in [1.29, 1.82) is 0 Å². The van der Waals surface area contributed by atoms with E-state index in [1.165, 1.54) is 6.08 Å². The molecule has 0 saturated heterocycles. The number of ether oxygens (including phenoxy) is 2. The molecule has 82 valence electrons. The predicted octanol–water partition coefficient (Wildman–Crippen LogP) is 2.23. The maximum atomic E-state index is 11.0. The van der Waals surface area contributed by atoms with E-state index in [0.717, 1.165) is 17.0 Å². The number of benzene rings is 1. The van der Waals surface area contributed by atoms with Crippen LogP contribution < -0.4 is 4.74 Å². The van der Waals surface area contributed by atoms with Crippen molar-refractivity contribution in [2.24, 2.45) is 4.99 Å². The maximum Gasteiger partial charge on any atom is 0.337 e. The summed E-state index contributed by atoms with van der Waals surface area (Å²) in [4.78, 5) is 15.2. The molecule has 0 N–H and O–H groups in total. The first-order valence-electron chi connectivity index (χ1n) is 4.82. The lowest BCUT2D eigenvalue weighted by molar-refractivity contribution is -0.129. The van der Waals surface area contributed by atoms with Crippen LogP contribution in [0.4, 0.5) is 5.69 Å². The molecule has 4 nitrogen and oxygen atoms in total. The van der Waals surface area contributed by atoms with E-state index in [0.29, 0.717) is 5.90 Å².